The topological polar surface area (TPSA) is 32.3 Å². The van der Waals surface area contributed by atoms with E-state index < -0.39 is 5.82 Å². The average Bonchev–Trinajstić information content (AvgIpc) is 2.39. The zero-order chi connectivity index (χ0) is 14.6. The summed E-state index contributed by atoms with van der Waals surface area (Å²) < 4.78 is 13.8. The van der Waals surface area contributed by atoms with Crippen LogP contribution in [-0.4, -0.2) is 29.9 Å². The summed E-state index contributed by atoms with van der Waals surface area (Å²) in [5.74, 6) is -0.558. The molecule has 0 spiro atoms. The van der Waals surface area contributed by atoms with Gasteiger partial charge in [0.25, 0.3) is 5.91 Å². The lowest BCUT2D eigenvalue weighted by Crippen LogP contribution is -2.44. The summed E-state index contributed by atoms with van der Waals surface area (Å²) in [6.45, 7) is 8.47. The number of para-hydroxylation sites is 1. The Hall–Kier alpha value is -1.58. The standard InChI is InChI=1S/C15H23FN2O/c1-6-15(3,4)18(5)14(19)11-9-8-10-12(16)13(11)17-7-2/h8-10,17H,6-7H2,1-5H3. The van der Waals surface area contributed by atoms with Gasteiger partial charge in [-0.1, -0.05) is 13.0 Å². The summed E-state index contributed by atoms with van der Waals surface area (Å²) >= 11 is 0. The lowest BCUT2D eigenvalue weighted by atomic mass is 9.98. The van der Waals surface area contributed by atoms with E-state index in [0.29, 0.717) is 12.1 Å². The second-order valence-electron chi connectivity index (χ2n) is 5.22. The molecule has 0 heterocycles. The van der Waals surface area contributed by atoms with E-state index in [1.807, 2.05) is 27.7 Å². The van der Waals surface area contributed by atoms with E-state index in [4.69, 9.17) is 0 Å². The third kappa shape index (κ3) is 3.25. The van der Waals surface area contributed by atoms with Crippen LogP contribution in [0.25, 0.3) is 0 Å². The van der Waals surface area contributed by atoms with Crippen molar-refractivity contribution < 1.29 is 9.18 Å². The highest BCUT2D eigenvalue weighted by Gasteiger charge is 2.28. The fourth-order valence-electron chi connectivity index (χ4n) is 1.75. The molecule has 0 aliphatic rings. The predicted molar refractivity (Wildman–Crippen MR) is 77.0 cm³/mol. The van der Waals surface area contributed by atoms with Gasteiger partial charge in [0.1, 0.15) is 5.82 Å². The molecule has 0 fully saturated rings. The van der Waals surface area contributed by atoms with Crippen molar-refractivity contribution in [1.82, 2.24) is 4.90 Å². The Bertz CT molecular complexity index is 457. The Kier molecular flexibility index (Phi) is 4.92. The molecule has 0 unspecified atom stereocenters. The van der Waals surface area contributed by atoms with Crippen molar-refractivity contribution in [2.75, 3.05) is 18.9 Å². The monoisotopic (exact) mass is 266 g/mol. The first-order chi connectivity index (χ1) is 8.85. The van der Waals surface area contributed by atoms with E-state index in [1.165, 1.54) is 6.07 Å². The molecule has 1 aromatic carbocycles. The molecule has 4 heteroatoms. The number of hydrogen-bond donors (Lipinski definition) is 1. The van der Waals surface area contributed by atoms with Gasteiger partial charge >= 0.3 is 0 Å². The number of halogens is 1. The van der Waals surface area contributed by atoms with Gasteiger partial charge in [-0.25, -0.2) is 4.39 Å². The SMILES string of the molecule is CCNc1c(F)cccc1C(=O)N(C)C(C)(C)CC. The first-order valence-corrected chi connectivity index (χ1v) is 6.65. The highest BCUT2D eigenvalue weighted by Crippen LogP contribution is 2.25. The summed E-state index contributed by atoms with van der Waals surface area (Å²) in [7, 11) is 1.76. The van der Waals surface area contributed by atoms with E-state index in [9.17, 15) is 9.18 Å². The Labute approximate surface area is 114 Å². The van der Waals surface area contributed by atoms with Crippen molar-refractivity contribution in [3.63, 3.8) is 0 Å². The Morgan fingerprint density at radius 1 is 1.37 bits per heavy atom. The van der Waals surface area contributed by atoms with Crippen LogP contribution in [0, 0.1) is 5.82 Å². The first-order valence-electron chi connectivity index (χ1n) is 6.65. The van der Waals surface area contributed by atoms with E-state index >= 15 is 0 Å². The van der Waals surface area contributed by atoms with Crippen molar-refractivity contribution in [1.29, 1.82) is 0 Å². The Morgan fingerprint density at radius 3 is 2.53 bits per heavy atom. The lowest BCUT2D eigenvalue weighted by molar-refractivity contribution is 0.0621. The maximum Gasteiger partial charge on any atom is 0.256 e. The molecule has 19 heavy (non-hydrogen) atoms. The van der Waals surface area contributed by atoms with Gasteiger partial charge in [0.05, 0.1) is 11.3 Å². The van der Waals surface area contributed by atoms with Crippen LogP contribution in [0.2, 0.25) is 0 Å². The zero-order valence-electron chi connectivity index (χ0n) is 12.4. The van der Waals surface area contributed by atoms with Crippen LogP contribution in [-0.2, 0) is 0 Å². The fraction of sp³-hybridized carbons (Fsp3) is 0.533. The van der Waals surface area contributed by atoms with Gasteiger partial charge in [0, 0.05) is 19.1 Å². The molecule has 3 nitrogen and oxygen atoms in total. The Morgan fingerprint density at radius 2 is 2.00 bits per heavy atom. The number of amides is 1. The molecule has 0 aromatic heterocycles. The third-order valence-electron chi connectivity index (χ3n) is 3.68. The van der Waals surface area contributed by atoms with Crippen LogP contribution >= 0.6 is 0 Å². The normalized spacial score (nSPS) is 11.3. The van der Waals surface area contributed by atoms with Crippen LogP contribution in [0.3, 0.4) is 0 Å². The summed E-state index contributed by atoms with van der Waals surface area (Å²) in [5.41, 5.74) is 0.409. The van der Waals surface area contributed by atoms with E-state index in [-0.39, 0.29) is 17.1 Å². The molecule has 1 rings (SSSR count). The summed E-state index contributed by atoms with van der Waals surface area (Å²) in [5, 5.41) is 2.93. The number of carbonyl (C=O) groups is 1. The number of carbonyl (C=O) groups excluding carboxylic acids is 1. The molecule has 1 amide bonds. The smallest absolute Gasteiger partial charge is 0.256 e. The van der Waals surface area contributed by atoms with E-state index in [0.717, 1.165) is 6.42 Å². The number of nitrogens with zero attached hydrogens (tertiary/aromatic N) is 1. The van der Waals surface area contributed by atoms with Crippen molar-refractivity contribution >= 4 is 11.6 Å². The molecule has 0 bridgehead atoms. The molecule has 0 aliphatic heterocycles. The second kappa shape index (κ2) is 6.04. The van der Waals surface area contributed by atoms with Crippen LogP contribution in [0.15, 0.2) is 18.2 Å². The minimum absolute atomic E-state index is 0.165. The minimum Gasteiger partial charge on any atom is -0.382 e. The third-order valence-corrected chi connectivity index (χ3v) is 3.68. The molecule has 0 saturated carbocycles. The second-order valence-corrected chi connectivity index (χ2v) is 5.22. The molecule has 0 saturated heterocycles. The number of hydrogen-bond acceptors (Lipinski definition) is 2. The maximum atomic E-state index is 13.8. The average molecular weight is 266 g/mol. The summed E-state index contributed by atoms with van der Waals surface area (Å²) in [6.07, 6.45) is 0.834. The number of anilines is 1. The number of rotatable bonds is 5. The quantitative estimate of drug-likeness (QED) is 0.884. The van der Waals surface area contributed by atoms with Crippen molar-refractivity contribution in [3.05, 3.63) is 29.6 Å². The lowest BCUT2D eigenvalue weighted by Gasteiger charge is -2.35. The fourth-order valence-corrected chi connectivity index (χ4v) is 1.75. The maximum absolute atomic E-state index is 13.8. The van der Waals surface area contributed by atoms with E-state index in [2.05, 4.69) is 5.32 Å². The van der Waals surface area contributed by atoms with Gasteiger partial charge in [0.2, 0.25) is 0 Å². The molecule has 1 N–H and O–H groups in total. The van der Waals surface area contributed by atoms with Crippen LogP contribution in [0.4, 0.5) is 10.1 Å². The zero-order valence-corrected chi connectivity index (χ0v) is 12.4. The van der Waals surface area contributed by atoms with Gasteiger partial charge in [-0.15, -0.1) is 0 Å². The van der Waals surface area contributed by atoms with Crippen LogP contribution < -0.4 is 5.32 Å². The highest BCUT2D eigenvalue weighted by atomic mass is 19.1. The van der Waals surface area contributed by atoms with Gasteiger partial charge in [-0.3, -0.25) is 4.79 Å². The summed E-state index contributed by atoms with van der Waals surface area (Å²) in [6, 6.07) is 4.58. The minimum atomic E-state index is -0.393. The Balaban J connectivity index is 3.16. The van der Waals surface area contributed by atoms with Crippen molar-refractivity contribution in [2.45, 2.75) is 39.7 Å². The van der Waals surface area contributed by atoms with Crippen LogP contribution in [0.1, 0.15) is 44.5 Å². The highest BCUT2D eigenvalue weighted by molar-refractivity contribution is 6.00. The molecule has 0 aliphatic carbocycles. The predicted octanol–water partition coefficient (Wildman–Crippen LogP) is 3.52. The van der Waals surface area contributed by atoms with Crippen molar-refractivity contribution in [3.8, 4) is 0 Å². The van der Waals surface area contributed by atoms with Gasteiger partial charge in [-0.05, 0) is 39.3 Å². The number of benzene rings is 1. The molecule has 0 atom stereocenters. The molecule has 106 valence electrons. The van der Waals surface area contributed by atoms with Crippen LogP contribution in [0.5, 0.6) is 0 Å². The molecule has 1 aromatic rings. The van der Waals surface area contributed by atoms with Gasteiger partial charge in [-0.2, -0.15) is 0 Å². The summed E-state index contributed by atoms with van der Waals surface area (Å²) in [4.78, 5) is 14.2. The number of nitrogens with one attached hydrogen (secondary N) is 1. The molecular formula is C15H23FN2O. The first kappa shape index (κ1) is 15.5. The van der Waals surface area contributed by atoms with E-state index in [1.54, 1.807) is 24.1 Å². The largest absolute Gasteiger partial charge is 0.382 e. The molecular weight excluding hydrogens is 243 g/mol. The van der Waals surface area contributed by atoms with Crippen molar-refractivity contribution in [2.24, 2.45) is 0 Å². The molecule has 0 radical (unpaired) electrons. The van der Waals surface area contributed by atoms with Gasteiger partial charge < -0.3 is 10.2 Å². The van der Waals surface area contributed by atoms with Gasteiger partial charge in [0.15, 0.2) is 0 Å².